The highest BCUT2D eigenvalue weighted by atomic mass is 32.2. The summed E-state index contributed by atoms with van der Waals surface area (Å²) in [5, 5.41) is 0. The molecular weight excluding hydrogens is 230 g/mol. The van der Waals surface area contributed by atoms with E-state index in [1.807, 2.05) is 23.9 Å². The molecule has 2 nitrogen and oxygen atoms in total. The maximum atomic E-state index is 11.8. The molecule has 1 aromatic carbocycles. The molecule has 0 amide bonds. The Bertz CT molecular complexity index is 386. The Morgan fingerprint density at radius 3 is 2.82 bits per heavy atom. The van der Waals surface area contributed by atoms with Gasteiger partial charge in [0.2, 0.25) is 0 Å². The molecule has 0 spiro atoms. The van der Waals surface area contributed by atoms with E-state index in [1.165, 1.54) is 29.9 Å². The minimum Gasteiger partial charge on any atom is -0.330 e. The lowest BCUT2D eigenvalue weighted by Gasteiger charge is -2.22. The van der Waals surface area contributed by atoms with Crippen LogP contribution < -0.4 is 5.73 Å². The first-order valence-corrected chi connectivity index (χ1v) is 7.37. The Morgan fingerprint density at radius 2 is 2.12 bits per heavy atom. The van der Waals surface area contributed by atoms with Crippen molar-refractivity contribution in [2.75, 3.05) is 18.1 Å². The number of hydrogen-bond acceptors (Lipinski definition) is 3. The number of nitrogens with two attached hydrogens (primary N) is 1. The van der Waals surface area contributed by atoms with E-state index in [0.717, 1.165) is 5.56 Å². The first-order chi connectivity index (χ1) is 8.31. The van der Waals surface area contributed by atoms with Crippen LogP contribution in [0.1, 0.15) is 41.1 Å². The summed E-state index contributed by atoms with van der Waals surface area (Å²) in [6.07, 6.45) is 2.92. The lowest BCUT2D eigenvalue weighted by molar-refractivity contribution is 0.0985. The number of ketones is 1. The minimum absolute atomic E-state index is 0.166. The average molecular weight is 249 g/mol. The van der Waals surface area contributed by atoms with Crippen LogP contribution in [-0.4, -0.2) is 23.8 Å². The smallest absolute Gasteiger partial charge is 0.164 e. The molecule has 2 N–H and O–H groups in total. The number of Topliss-reactive ketones (excluding diaryl/α,β-unsaturated/α-hetero) is 1. The van der Waals surface area contributed by atoms with Gasteiger partial charge in [0.05, 0.1) is 0 Å². The van der Waals surface area contributed by atoms with E-state index in [1.54, 1.807) is 0 Å². The van der Waals surface area contributed by atoms with Gasteiger partial charge in [-0.15, -0.1) is 0 Å². The van der Waals surface area contributed by atoms with Crippen molar-refractivity contribution in [2.24, 2.45) is 5.73 Å². The second kappa shape index (κ2) is 6.22. The lowest BCUT2D eigenvalue weighted by atomic mass is 9.91. The fourth-order valence-corrected chi connectivity index (χ4v) is 3.38. The van der Waals surface area contributed by atoms with Crippen molar-refractivity contribution < 1.29 is 4.79 Å². The van der Waals surface area contributed by atoms with Crippen LogP contribution in [0.25, 0.3) is 0 Å². The van der Waals surface area contributed by atoms with E-state index in [2.05, 4.69) is 12.1 Å². The summed E-state index contributed by atoms with van der Waals surface area (Å²) >= 11 is 2.03. The molecule has 1 fully saturated rings. The van der Waals surface area contributed by atoms with Crippen LogP contribution in [0, 0.1) is 0 Å². The van der Waals surface area contributed by atoms with Crippen molar-refractivity contribution in [1.29, 1.82) is 0 Å². The molecular formula is C14H19NOS. The largest absolute Gasteiger partial charge is 0.330 e. The molecule has 0 bridgehead atoms. The molecule has 2 rings (SSSR count). The van der Waals surface area contributed by atoms with E-state index >= 15 is 0 Å². The molecule has 0 radical (unpaired) electrons. The second-order valence-corrected chi connectivity index (χ2v) is 5.70. The highest BCUT2D eigenvalue weighted by Crippen LogP contribution is 2.31. The first kappa shape index (κ1) is 12.7. The lowest BCUT2D eigenvalue weighted by Crippen LogP contribution is -2.11. The van der Waals surface area contributed by atoms with E-state index in [0.29, 0.717) is 18.9 Å². The molecule has 1 aliphatic heterocycles. The Labute approximate surface area is 107 Å². The monoisotopic (exact) mass is 249 g/mol. The van der Waals surface area contributed by atoms with Gasteiger partial charge in [0.15, 0.2) is 5.78 Å². The number of hydrogen-bond donors (Lipinski definition) is 1. The molecule has 0 saturated carbocycles. The molecule has 17 heavy (non-hydrogen) atoms. The topological polar surface area (TPSA) is 43.1 Å². The van der Waals surface area contributed by atoms with E-state index in [-0.39, 0.29) is 5.78 Å². The second-order valence-electron chi connectivity index (χ2n) is 4.47. The van der Waals surface area contributed by atoms with Gasteiger partial charge >= 0.3 is 0 Å². The molecule has 0 aromatic heterocycles. The van der Waals surface area contributed by atoms with Crippen LogP contribution in [0.4, 0.5) is 0 Å². The third-order valence-electron chi connectivity index (χ3n) is 3.27. The number of benzene rings is 1. The van der Waals surface area contributed by atoms with Crippen LogP contribution in [0.3, 0.4) is 0 Å². The zero-order valence-corrected chi connectivity index (χ0v) is 10.8. The van der Waals surface area contributed by atoms with Crippen LogP contribution in [0.5, 0.6) is 0 Å². The summed E-state index contributed by atoms with van der Waals surface area (Å²) in [5.74, 6) is 3.29. The van der Waals surface area contributed by atoms with Gasteiger partial charge in [-0.25, -0.2) is 0 Å². The minimum atomic E-state index is 0.166. The highest BCUT2D eigenvalue weighted by molar-refractivity contribution is 7.99. The van der Waals surface area contributed by atoms with Crippen LogP contribution in [0.15, 0.2) is 24.3 Å². The van der Waals surface area contributed by atoms with Gasteiger partial charge in [0.25, 0.3) is 0 Å². The molecule has 1 saturated heterocycles. The molecule has 0 atom stereocenters. The van der Waals surface area contributed by atoms with E-state index in [9.17, 15) is 4.79 Å². The summed E-state index contributed by atoms with van der Waals surface area (Å²) in [6.45, 7) is 0.434. The van der Waals surface area contributed by atoms with Crippen LogP contribution in [0.2, 0.25) is 0 Å². The van der Waals surface area contributed by atoms with Crippen molar-refractivity contribution in [3.05, 3.63) is 35.4 Å². The normalized spacial score (nSPS) is 17.0. The van der Waals surface area contributed by atoms with Gasteiger partial charge in [0, 0.05) is 12.0 Å². The average Bonchev–Trinajstić information content (AvgIpc) is 2.40. The number of carbonyl (C=O) groups excluding carboxylic acids is 1. The Kier molecular flexibility index (Phi) is 4.63. The van der Waals surface area contributed by atoms with E-state index < -0.39 is 0 Å². The van der Waals surface area contributed by atoms with Crippen molar-refractivity contribution in [3.63, 3.8) is 0 Å². The summed E-state index contributed by atoms with van der Waals surface area (Å²) in [5.41, 5.74) is 7.58. The van der Waals surface area contributed by atoms with Crippen molar-refractivity contribution in [2.45, 2.75) is 25.2 Å². The zero-order chi connectivity index (χ0) is 12.1. The summed E-state index contributed by atoms with van der Waals surface area (Å²) < 4.78 is 0. The van der Waals surface area contributed by atoms with Gasteiger partial charge in [-0.05, 0) is 48.4 Å². The third-order valence-corrected chi connectivity index (χ3v) is 4.32. The summed E-state index contributed by atoms with van der Waals surface area (Å²) in [4.78, 5) is 11.8. The molecule has 3 heteroatoms. The van der Waals surface area contributed by atoms with Crippen molar-refractivity contribution in [1.82, 2.24) is 0 Å². The maximum Gasteiger partial charge on any atom is 0.164 e. The van der Waals surface area contributed by atoms with Crippen LogP contribution >= 0.6 is 11.8 Å². The summed E-state index contributed by atoms with van der Waals surface area (Å²) in [7, 11) is 0. The number of carbonyl (C=O) groups is 1. The molecule has 1 heterocycles. The number of rotatable bonds is 4. The van der Waals surface area contributed by atoms with Gasteiger partial charge in [-0.3, -0.25) is 4.79 Å². The molecule has 0 aliphatic carbocycles. The number of thioether (sulfide) groups is 1. The van der Waals surface area contributed by atoms with Gasteiger partial charge in [-0.1, -0.05) is 18.2 Å². The maximum absolute atomic E-state index is 11.8. The first-order valence-electron chi connectivity index (χ1n) is 6.22. The van der Waals surface area contributed by atoms with Gasteiger partial charge in [-0.2, -0.15) is 11.8 Å². The Morgan fingerprint density at radius 1 is 1.35 bits per heavy atom. The van der Waals surface area contributed by atoms with Crippen molar-refractivity contribution >= 4 is 17.5 Å². The highest BCUT2D eigenvalue weighted by Gasteiger charge is 2.16. The fourth-order valence-electron chi connectivity index (χ4n) is 2.27. The third kappa shape index (κ3) is 3.33. The van der Waals surface area contributed by atoms with Crippen LogP contribution in [-0.2, 0) is 0 Å². The molecule has 1 aromatic rings. The molecule has 1 aliphatic rings. The van der Waals surface area contributed by atoms with E-state index in [4.69, 9.17) is 5.73 Å². The molecule has 92 valence electrons. The van der Waals surface area contributed by atoms with Crippen molar-refractivity contribution in [3.8, 4) is 0 Å². The predicted molar refractivity (Wildman–Crippen MR) is 73.7 cm³/mol. The Hall–Kier alpha value is -0.800. The molecule has 0 unspecified atom stereocenters. The quantitative estimate of drug-likeness (QED) is 0.834. The van der Waals surface area contributed by atoms with Gasteiger partial charge in [0.1, 0.15) is 0 Å². The Balaban J connectivity index is 2.12. The zero-order valence-electron chi connectivity index (χ0n) is 10.0. The fraction of sp³-hybridized carbons (Fsp3) is 0.500. The SMILES string of the molecule is NCCC(=O)c1cccc(C2CCSCC2)c1. The standard InChI is InChI=1S/C14H19NOS/c15-7-4-14(16)13-3-1-2-12(10-13)11-5-8-17-9-6-11/h1-3,10-11H,4-9,15H2. The summed E-state index contributed by atoms with van der Waals surface area (Å²) in [6, 6.07) is 8.12. The van der Waals surface area contributed by atoms with Gasteiger partial charge < -0.3 is 5.73 Å². The predicted octanol–water partition coefficient (Wildman–Crippen LogP) is 2.83.